The highest BCUT2D eigenvalue weighted by molar-refractivity contribution is 7.88. The zero-order valence-corrected chi connectivity index (χ0v) is 11.4. The van der Waals surface area contributed by atoms with Crippen LogP contribution < -0.4 is 4.90 Å². The van der Waals surface area contributed by atoms with Crippen molar-refractivity contribution < 1.29 is 17.6 Å². The molecular weight excluding hydrogens is 271 g/mol. The lowest BCUT2D eigenvalue weighted by Crippen LogP contribution is -2.48. The number of anilines is 1. The molecule has 0 bridgehead atoms. The Labute approximate surface area is 111 Å². The SMILES string of the molecule is CS(=O)(=O)N1CCN(c2ccc(F)cc2C=O)CC1. The van der Waals surface area contributed by atoms with Crippen LogP contribution in [0.4, 0.5) is 10.1 Å². The maximum Gasteiger partial charge on any atom is 0.211 e. The molecule has 0 atom stereocenters. The van der Waals surface area contributed by atoms with Crippen molar-refractivity contribution in [2.75, 3.05) is 37.3 Å². The van der Waals surface area contributed by atoms with Gasteiger partial charge < -0.3 is 4.90 Å². The van der Waals surface area contributed by atoms with Gasteiger partial charge in [0.05, 0.1) is 6.26 Å². The lowest BCUT2D eigenvalue weighted by atomic mass is 10.1. The third kappa shape index (κ3) is 3.10. The summed E-state index contributed by atoms with van der Waals surface area (Å²) >= 11 is 0. The molecule has 19 heavy (non-hydrogen) atoms. The Bertz CT molecular complexity index is 581. The van der Waals surface area contributed by atoms with Crippen LogP contribution in [0.2, 0.25) is 0 Å². The van der Waals surface area contributed by atoms with Crippen LogP contribution in [0.5, 0.6) is 0 Å². The summed E-state index contributed by atoms with van der Waals surface area (Å²) in [6, 6.07) is 4.03. The molecule has 0 radical (unpaired) electrons. The molecule has 0 unspecified atom stereocenters. The third-order valence-corrected chi connectivity index (χ3v) is 4.47. The number of benzene rings is 1. The number of aldehydes is 1. The average molecular weight is 286 g/mol. The summed E-state index contributed by atoms with van der Waals surface area (Å²) in [6.07, 6.45) is 1.79. The van der Waals surface area contributed by atoms with Crippen molar-refractivity contribution in [3.05, 3.63) is 29.6 Å². The Kier molecular flexibility index (Phi) is 3.86. The zero-order chi connectivity index (χ0) is 14.0. The van der Waals surface area contributed by atoms with Crippen LogP contribution in [0.3, 0.4) is 0 Å². The molecule has 0 amide bonds. The minimum absolute atomic E-state index is 0.285. The molecule has 1 saturated heterocycles. The van der Waals surface area contributed by atoms with E-state index in [0.29, 0.717) is 38.2 Å². The second kappa shape index (κ2) is 5.26. The van der Waals surface area contributed by atoms with Crippen LogP contribution in [-0.2, 0) is 10.0 Å². The molecule has 1 heterocycles. The first-order valence-corrected chi connectivity index (χ1v) is 7.71. The molecule has 1 aliphatic rings. The van der Waals surface area contributed by atoms with Gasteiger partial charge in [-0.15, -0.1) is 0 Å². The highest BCUT2D eigenvalue weighted by Gasteiger charge is 2.24. The van der Waals surface area contributed by atoms with E-state index in [1.165, 1.54) is 22.7 Å². The molecule has 7 heteroatoms. The number of sulfonamides is 1. The molecule has 0 spiro atoms. The Balaban J connectivity index is 2.16. The van der Waals surface area contributed by atoms with Crippen molar-refractivity contribution in [3.8, 4) is 0 Å². The summed E-state index contributed by atoms with van der Waals surface area (Å²) in [5.74, 6) is -0.458. The number of halogens is 1. The summed E-state index contributed by atoms with van der Waals surface area (Å²) in [4.78, 5) is 12.8. The van der Waals surface area contributed by atoms with Crippen LogP contribution in [-0.4, -0.2) is 51.4 Å². The van der Waals surface area contributed by atoms with Crippen molar-refractivity contribution in [1.29, 1.82) is 0 Å². The molecule has 0 saturated carbocycles. The molecule has 0 N–H and O–H groups in total. The Morgan fingerprint density at radius 1 is 1.21 bits per heavy atom. The second-order valence-electron chi connectivity index (χ2n) is 4.47. The minimum atomic E-state index is -3.18. The number of nitrogens with zero attached hydrogens (tertiary/aromatic N) is 2. The second-order valence-corrected chi connectivity index (χ2v) is 6.45. The molecule has 1 aliphatic heterocycles. The first kappa shape index (κ1) is 14.0. The number of hydrogen-bond acceptors (Lipinski definition) is 4. The highest BCUT2D eigenvalue weighted by atomic mass is 32.2. The third-order valence-electron chi connectivity index (χ3n) is 3.16. The van der Waals surface area contributed by atoms with Gasteiger partial charge in [0.25, 0.3) is 0 Å². The monoisotopic (exact) mass is 286 g/mol. The number of rotatable bonds is 3. The quantitative estimate of drug-likeness (QED) is 0.768. The first-order chi connectivity index (χ1) is 8.91. The molecule has 1 aromatic rings. The van der Waals surface area contributed by atoms with E-state index in [9.17, 15) is 17.6 Å². The molecule has 2 rings (SSSR count). The Morgan fingerprint density at radius 2 is 1.84 bits per heavy atom. The highest BCUT2D eigenvalue weighted by Crippen LogP contribution is 2.22. The Morgan fingerprint density at radius 3 is 2.37 bits per heavy atom. The largest absolute Gasteiger partial charge is 0.368 e. The van der Waals surface area contributed by atoms with Crippen molar-refractivity contribution >= 4 is 22.0 Å². The molecule has 5 nitrogen and oxygen atoms in total. The van der Waals surface area contributed by atoms with E-state index in [-0.39, 0.29) is 5.56 Å². The number of hydrogen-bond donors (Lipinski definition) is 0. The van der Waals surface area contributed by atoms with E-state index in [0.717, 1.165) is 0 Å². The number of carbonyl (C=O) groups excluding carboxylic acids is 1. The van der Waals surface area contributed by atoms with Crippen molar-refractivity contribution in [1.82, 2.24) is 4.31 Å². The van der Waals surface area contributed by atoms with Crippen molar-refractivity contribution in [2.45, 2.75) is 0 Å². The van der Waals surface area contributed by atoms with Crippen LogP contribution >= 0.6 is 0 Å². The number of piperazine rings is 1. The van der Waals surface area contributed by atoms with Gasteiger partial charge in [-0.25, -0.2) is 12.8 Å². The van der Waals surface area contributed by atoms with Crippen molar-refractivity contribution in [3.63, 3.8) is 0 Å². The maximum absolute atomic E-state index is 13.1. The van der Waals surface area contributed by atoms with Crippen LogP contribution in [0, 0.1) is 5.82 Å². The summed E-state index contributed by atoms with van der Waals surface area (Å²) in [7, 11) is -3.18. The van der Waals surface area contributed by atoms with E-state index >= 15 is 0 Å². The van der Waals surface area contributed by atoms with Gasteiger partial charge in [0.1, 0.15) is 5.82 Å². The van der Waals surface area contributed by atoms with Gasteiger partial charge in [-0.2, -0.15) is 4.31 Å². The van der Waals surface area contributed by atoms with E-state index in [4.69, 9.17) is 0 Å². The predicted molar refractivity (Wildman–Crippen MR) is 70.4 cm³/mol. The van der Waals surface area contributed by atoms with Crippen LogP contribution in [0.1, 0.15) is 10.4 Å². The summed E-state index contributed by atoms with van der Waals surface area (Å²) < 4.78 is 37.2. The van der Waals surface area contributed by atoms with E-state index in [2.05, 4.69) is 0 Å². The predicted octanol–water partition coefficient (Wildman–Crippen LogP) is 0.720. The standard InChI is InChI=1S/C12H15FN2O3S/c1-19(17,18)15-6-4-14(5-7-15)12-3-2-11(13)8-10(12)9-16/h2-3,8-9H,4-7H2,1H3. The smallest absolute Gasteiger partial charge is 0.211 e. The molecular formula is C12H15FN2O3S. The van der Waals surface area contributed by atoms with Gasteiger partial charge in [0.2, 0.25) is 10.0 Å². The molecule has 104 valence electrons. The van der Waals surface area contributed by atoms with E-state index in [1.807, 2.05) is 4.90 Å². The van der Waals surface area contributed by atoms with E-state index < -0.39 is 15.8 Å². The van der Waals surface area contributed by atoms with Gasteiger partial charge in [-0.3, -0.25) is 4.79 Å². The normalized spacial score (nSPS) is 17.5. The zero-order valence-electron chi connectivity index (χ0n) is 10.5. The number of carbonyl (C=O) groups is 1. The lowest BCUT2D eigenvalue weighted by molar-refractivity contribution is 0.112. The first-order valence-electron chi connectivity index (χ1n) is 5.86. The molecule has 1 aromatic carbocycles. The fraction of sp³-hybridized carbons (Fsp3) is 0.417. The van der Waals surface area contributed by atoms with Gasteiger partial charge >= 0.3 is 0 Å². The summed E-state index contributed by atoms with van der Waals surface area (Å²) in [5.41, 5.74) is 0.928. The average Bonchev–Trinajstić information content (AvgIpc) is 2.37. The van der Waals surface area contributed by atoms with Gasteiger partial charge in [-0.1, -0.05) is 0 Å². The topological polar surface area (TPSA) is 57.7 Å². The molecule has 1 fully saturated rings. The summed E-state index contributed by atoms with van der Waals surface area (Å²) in [5, 5.41) is 0. The minimum Gasteiger partial charge on any atom is -0.368 e. The lowest BCUT2D eigenvalue weighted by Gasteiger charge is -2.35. The van der Waals surface area contributed by atoms with Gasteiger partial charge in [0.15, 0.2) is 6.29 Å². The van der Waals surface area contributed by atoms with Gasteiger partial charge in [0, 0.05) is 37.4 Å². The van der Waals surface area contributed by atoms with Crippen molar-refractivity contribution in [2.24, 2.45) is 0 Å². The van der Waals surface area contributed by atoms with E-state index in [1.54, 1.807) is 6.07 Å². The fourth-order valence-corrected chi connectivity index (χ4v) is 2.99. The molecule has 0 aromatic heterocycles. The summed E-state index contributed by atoms with van der Waals surface area (Å²) in [6.45, 7) is 1.71. The Hall–Kier alpha value is -1.47. The molecule has 0 aliphatic carbocycles. The van der Waals surface area contributed by atoms with Gasteiger partial charge in [-0.05, 0) is 18.2 Å². The maximum atomic E-state index is 13.1. The van der Waals surface area contributed by atoms with Crippen LogP contribution in [0.15, 0.2) is 18.2 Å². The fourth-order valence-electron chi connectivity index (χ4n) is 2.17. The van der Waals surface area contributed by atoms with Crippen LogP contribution in [0.25, 0.3) is 0 Å².